The van der Waals surface area contributed by atoms with Crippen LogP contribution < -0.4 is 11.5 Å². The molecule has 2 rings (SSSR count). The van der Waals surface area contributed by atoms with E-state index in [0.29, 0.717) is 6.54 Å². The van der Waals surface area contributed by atoms with E-state index >= 15 is 0 Å². The molecule has 4 N–H and O–H groups in total. The van der Waals surface area contributed by atoms with Crippen molar-refractivity contribution in [3.05, 3.63) is 30.0 Å². The summed E-state index contributed by atoms with van der Waals surface area (Å²) in [6.07, 6.45) is 0. The van der Waals surface area contributed by atoms with Gasteiger partial charge in [0.15, 0.2) is 0 Å². The van der Waals surface area contributed by atoms with Crippen LogP contribution in [0.2, 0.25) is 0 Å². The van der Waals surface area contributed by atoms with Gasteiger partial charge >= 0.3 is 0 Å². The van der Waals surface area contributed by atoms with Gasteiger partial charge in [0.25, 0.3) is 0 Å². The molecule has 0 aliphatic carbocycles. The van der Waals surface area contributed by atoms with E-state index in [9.17, 15) is 0 Å². The smallest absolute Gasteiger partial charge is 0.0501 e. The van der Waals surface area contributed by atoms with E-state index in [-0.39, 0.29) is 0 Å². The standard InChI is InChI=1S/C10H13N3/c1-13-7(6-11)5-8-9(12)3-2-4-10(8)13/h2-5H,6,11-12H2,1H3. The Kier molecular flexibility index (Phi) is 1.74. The SMILES string of the molecule is Cn1c(CN)cc2c(N)cccc21. The van der Waals surface area contributed by atoms with Crippen LogP contribution in [-0.2, 0) is 13.6 Å². The molecule has 0 aliphatic heterocycles. The number of aromatic nitrogens is 1. The maximum Gasteiger partial charge on any atom is 0.0501 e. The van der Waals surface area contributed by atoms with Crippen molar-refractivity contribution < 1.29 is 0 Å². The van der Waals surface area contributed by atoms with Crippen LogP contribution in [0.15, 0.2) is 24.3 Å². The van der Waals surface area contributed by atoms with Crippen molar-refractivity contribution in [2.45, 2.75) is 6.54 Å². The highest BCUT2D eigenvalue weighted by molar-refractivity contribution is 5.92. The Bertz CT molecular complexity index is 443. The lowest BCUT2D eigenvalue weighted by Gasteiger charge is -2.00. The zero-order valence-corrected chi connectivity index (χ0v) is 7.62. The van der Waals surface area contributed by atoms with Crippen LogP contribution in [0.3, 0.4) is 0 Å². The van der Waals surface area contributed by atoms with Crippen molar-refractivity contribution in [3.8, 4) is 0 Å². The zero-order valence-electron chi connectivity index (χ0n) is 7.62. The third kappa shape index (κ3) is 1.09. The molecule has 0 saturated carbocycles. The van der Waals surface area contributed by atoms with Crippen LogP contribution in [0.5, 0.6) is 0 Å². The molecular weight excluding hydrogens is 162 g/mol. The fourth-order valence-electron chi connectivity index (χ4n) is 1.63. The van der Waals surface area contributed by atoms with E-state index in [1.807, 2.05) is 31.3 Å². The number of hydrogen-bond acceptors (Lipinski definition) is 2. The molecule has 3 heteroatoms. The summed E-state index contributed by atoms with van der Waals surface area (Å²) in [5.41, 5.74) is 14.5. The largest absolute Gasteiger partial charge is 0.398 e. The lowest BCUT2D eigenvalue weighted by atomic mass is 10.2. The molecule has 3 nitrogen and oxygen atoms in total. The Balaban J connectivity index is 2.83. The zero-order chi connectivity index (χ0) is 9.42. The molecule has 0 unspecified atom stereocenters. The molecule has 0 spiro atoms. The Morgan fingerprint density at radius 3 is 2.77 bits per heavy atom. The number of nitrogens with zero attached hydrogens (tertiary/aromatic N) is 1. The first kappa shape index (κ1) is 8.13. The second-order valence-electron chi connectivity index (χ2n) is 3.18. The number of hydrogen-bond donors (Lipinski definition) is 2. The fourth-order valence-corrected chi connectivity index (χ4v) is 1.63. The highest BCUT2D eigenvalue weighted by atomic mass is 15.0. The quantitative estimate of drug-likeness (QED) is 0.640. The number of fused-ring (bicyclic) bond motifs is 1. The van der Waals surface area contributed by atoms with E-state index in [0.717, 1.165) is 22.3 Å². The second-order valence-corrected chi connectivity index (χ2v) is 3.18. The van der Waals surface area contributed by atoms with Crippen molar-refractivity contribution in [1.82, 2.24) is 4.57 Å². The Labute approximate surface area is 76.9 Å². The normalized spacial score (nSPS) is 10.9. The maximum absolute atomic E-state index is 5.84. The van der Waals surface area contributed by atoms with Gasteiger partial charge in [-0.2, -0.15) is 0 Å². The third-order valence-electron chi connectivity index (χ3n) is 2.43. The first-order chi connectivity index (χ1) is 6.24. The van der Waals surface area contributed by atoms with E-state index in [4.69, 9.17) is 11.5 Å². The monoisotopic (exact) mass is 175 g/mol. The van der Waals surface area contributed by atoms with Crippen molar-refractivity contribution in [3.63, 3.8) is 0 Å². The highest BCUT2D eigenvalue weighted by Crippen LogP contribution is 2.23. The summed E-state index contributed by atoms with van der Waals surface area (Å²) in [7, 11) is 2.00. The molecule has 0 atom stereocenters. The highest BCUT2D eigenvalue weighted by Gasteiger charge is 2.05. The summed E-state index contributed by atoms with van der Waals surface area (Å²) < 4.78 is 2.08. The van der Waals surface area contributed by atoms with Crippen molar-refractivity contribution in [1.29, 1.82) is 0 Å². The lowest BCUT2D eigenvalue weighted by Crippen LogP contribution is -2.02. The molecule has 13 heavy (non-hydrogen) atoms. The van der Waals surface area contributed by atoms with Gasteiger partial charge < -0.3 is 16.0 Å². The van der Waals surface area contributed by atoms with Gasteiger partial charge in [-0.1, -0.05) is 6.07 Å². The molecule has 1 heterocycles. The lowest BCUT2D eigenvalue weighted by molar-refractivity contribution is 0.849. The van der Waals surface area contributed by atoms with Gasteiger partial charge in [-0.25, -0.2) is 0 Å². The maximum atomic E-state index is 5.84. The van der Waals surface area contributed by atoms with Gasteiger partial charge in [-0.3, -0.25) is 0 Å². The third-order valence-corrected chi connectivity index (χ3v) is 2.43. The number of rotatable bonds is 1. The number of anilines is 1. The van der Waals surface area contributed by atoms with E-state index in [1.54, 1.807) is 0 Å². The first-order valence-corrected chi connectivity index (χ1v) is 4.27. The van der Waals surface area contributed by atoms with Gasteiger partial charge in [0.1, 0.15) is 0 Å². The molecular formula is C10H13N3. The minimum atomic E-state index is 0.546. The topological polar surface area (TPSA) is 57.0 Å². The summed E-state index contributed by atoms with van der Waals surface area (Å²) in [5.74, 6) is 0. The fraction of sp³-hybridized carbons (Fsp3) is 0.200. The molecule has 1 aromatic carbocycles. The molecule has 68 valence electrons. The van der Waals surface area contributed by atoms with Gasteiger partial charge in [-0.05, 0) is 18.2 Å². The molecule has 0 bridgehead atoms. The Hall–Kier alpha value is -1.48. The summed E-state index contributed by atoms with van der Waals surface area (Å²) in [6, 6.07) is 7.95. The number of benzene rings is 1. The van der Waals surface area contributed by atoms with Gasteiger partial charge in [0.2, 0.25) is 0 Å². The predicted molar refractivity (Wildman–Crippen MR) is 55.2 cm³/mol. The molecule has 0 radical (unpaired) electrons. The molecule has 2 aromatic rings. The average molecular weight is 175 g/mol. The van der Waals surface area contributed by atoms with Crippen LogP contribution in [0.25, 0.3) is 10.9 Å². The van der Waals surface area contributed by atoms with Crippen molar-refractivity contribution >= 4 is 16.6 Å². The predicted octanol–water partition coefficient (Wildman–Crippen LogP) is 1.22. The van der Waals surface area contributed by atoms with Crippen LogP contribution in [0.1, 0.15) is 5.69 Å². The minimum Gasteiger partial charge on any atom is -0.398 e. The summed E-state index contributed by atoms with van der Waals surface area (Å²) in [6.45, 7) is 0.546. The molecule has 0 fully saturated rings. The van der Waals surface area contributed by atoms with Crippen LogP contribution >= 0.6 is 0 Å². The Morgan fingerprint density at radius 1 is 1.38 bits per heavy atom. The summed E-state index contributed by atoms with van der Waals surface area (Å²) in [5, 5.41) is 1.09. The second kappa shape index (κ2) is 2.78. The van der Waals surface area contributed by atoms with Gasteiger partial charge in [0, 0.05) is 30.4 Å². The van der Waals surface area contributed by atoms with Gasteiger partial charge in [0.05, 0.1) is 5.52 Å². The number of nitrogen functional groups attached to an aromatic ring is 1. The van der Waals surface area contributed by atoms with Crippen LogP contribution in [0, 0.1) is 0 Å². The Morgan fingerprint density at radius 2 is 2.15 bits per heavy atom. The molecule has 1 aromatic heterocycles. The van der Waals surface area contributed by atoms with Gasteiger partial charge in [-0.15, -0.1) is 0 Å². The average Bonchev–Trinajstić information content (AvgIpc) is 2.45. The minimum absolute atomic E-state index is 0.546. The van der Waals surface area contributed by atoms with E-state index in [2.05, 4.69) is 4.57 Å². The molecule has 0 amide bonds. The first-order valence-electron chi connectivity index (χ1n) is 4.27. The molecule has 0 saturated heterocycles. The van der Waals surface area contributed by atoms with Crippen molar-refractivity contribution in [2.24, 2.45) is 12.8 Å². The van der Waals surface area contributed by atoms with Crippen LogP contribution in [-0.4, -0.2) is 4.57 Å². The number of nitrogens with two attached hydrogens (primary N) is 2. The molecule has 0 aliphatic rings. The summed E-state index contributed by atoms with van der Waals surface area (Å²) in [4.78, 5) is 0. The van der Waals surface area contributed by atoms with Crippen LogP contribution in [0.4, 0.5) is 5.69 Å². The summed E-state index contributed by atoms with van der Waals surface area (Å²) >= 11 is 0. The van der Waals surface area contributed by atoms with E-state index < -0.39 is 0 Å². The number of aryl methyl sites for hydroxylation is 1. The van der Waals surface area contributed by atoms with E-state index in [1.165, 1.54) is 0 Å². The van der Waals surface area contributed by atoms with Crippen molar-refractivity contribution in [2.75, 3.05) is 5.73 Å².